The molecule has 0 radical (unpaired) electrons. The summed E-state index contributed by atoms with van der Waals surface area (Å²) < 4.78 is 57.0. The van der Waals surface area contributed by atoms with Gasteiger partial charge >= 0.3 is 0 Å². The SMILES string of the molecule is COc1ccc(N([C@@H](C)C(=O)Nc2ccc(F)cc2F)S(C)(=O)=O)cc1. The Labute approximate surface area is 150 Å². The van der Waals surface area contributed by atoms with Crippen LogP contribution in [0.5, 0.6) is 5.75 Å². The van der Waals surface area contributed by atoms with Gasteiger partial charge in [0.25, 0.3) is 0 Å². The molecule has 26 heavy (non-hydrogen) atoms. The maximum atomic E-state index is 13.7. The third-order valence-corrected chi connectivity index (χ3v) is 4.85. The van der Waals surface area contributed by atoms with E-state index in [1.807, 2.05) is 0 Å². The van der Waals surface area contributed by atoms with Crippen molar-refractivity contribution in [2.24, 2.45) is 0 Å². The monoisotopic (exact) mass is 384 g/mol. The fourth-order valence-corrected chi connectivity index (χ4v) is 3.54. The molecular formula is C17H18F2N2O4S. The Morgan fingerprint density at radius 1 is 1.15 bits per heavy atom. The number of rotatable bonds is 6. The van der Waals surface area contributed by atoms with Gasteiger partial charge in [-0.2, -0.15) is 0 Å². The van der Waals surface area contributed by atoms with Gasteiger partial charge in [-0.3, -0.25) is 9.10 Å². The molecule has 1 atom stereocenters. The first-order chi connectivity index (χ1) is 12.1. The molecule has 0 aromatic heterocycles. The zero-order valence-electron chi connectivity index (χ0n) is 14.4. The van der Waals surface area contributed by atoms with Crippen LogP contribution in [0, 0.1) is 11.6 Å². The molecule has 0 fully saturated rings. The highest BCUT2D eigenvalue weighted by molar-refractivity contribution is 7.92. The van der Waals surface area contributed by atoms with E-state index in [4.69, 9.17) is 4.74 Å². The molecule has 0 saturated carbocycles. The minimum atomic E-state index is -3.81. The first kappa shape index (κ1) is 19.6. The number of sulfonamides is 1. The van der Waals surface area contributed by atoms with Crippen LogP contribution in [0.15, 0.2) is 42.5 Å². The third kappa shape index (κ3) is 4.48. The summed E-state index contributed by atoms with van der Waals surface area (Å²) in [7, 11) is -2.34. The van der Waals surface area contributed by atoms with Gasteiger partial charge in [0.05, 0.1) is 24.7 Å². The van der Waals surface area contributed by atoms with E-state index >= 15 is 0 Å². The number of halogens is 2. The average Bonchev–Trinajstić information content (AvgIpc) is 2.56. The van der Waals surface area contributed by atoms with E-state index in [9.17, 15) is 22.0 Å². The van der Waals surface area contributed by atoms with Gasteiger partial charge in [-0.05, 0) is 43.3 Å². The quantitative estimate of drug-likeness (QED) is 0.831. The zero-order chi connectivity index (χ0) is 19.5. The van der Waals surface area contributed by atoms with Gasteiger partial charge in [0.1, 0.15) is 23.4 Å². The highest BCUT2D eigenvalue weighted by Gasteiger charge is 2.29. The van der Waals surface area contributed by atoms with Crippen LogP contribution in [0.2, 0.25) is 0 Å². The number of nitrogens with one attached hydrogen (secondary N) is 1. The van der Waals surface area contributed by atoms with Crippen molar-refractivity contribution in [1.29, 1.82) is 0 Å². The maximum absolute atomic E-state index is 13.7. The van der Waals surface area contributed by atoms with Crippen LogP contribution in [0.25, 0.3) is 0 Å². The van der Waals surface area contributed by atoms with Crippen molar-refractivity contribution in [3.8, 4) is 5.75 Å². The highest BCUT2D eigenvalue weighted by atomic mass is 32.2. The van der Waals surface area contributed by atoms with E-state index in [0.29, 0.717) is 11.8 Å². The Bertz CT molecular complexity index is 901. The van der Waals surface area contributed by atoms with E-state index in [1.54, 1.807) is 12.1 Å². The molecule has 2 aromatic carbocycles. The fraction of sp³-hybridized carbons (Fsp3) is 0.235. The number of nitrogens with zero attached hydrogens (tertiary/aromatic N) is 1. The lowest BCUT2D eigenvalue weighted by molar-refractivity contribution is -0.116. The highest BCUT2D eigenvalue weighted by Crippen LogP contribution is 2.24. The summed E-state index contributed by atoms with van der Waals surface area (Å²) in [6.07, 6.45) is 0.958. The average molecular weight is 384 g/mol. The van der Waals surface area contributed by atoms with Crippen molar-refractivity contribution < 1.29 is 26.7 Å². The Balaban J connectivity index is 2.30. The molecule has 1 amide bonds. The molecule has 2 rings (SSSR count). The molecule has 0 aliphatic carbocycles. The second kappa shape index (κ2) is 7.69. The molecule has 1 N–H and O–H groups in total. The fourth-order valence-electron chi connectivity index (χ4n) is 2.37. The number of benzene rings is 2. The third-order valence-electron chi connectivity index (χ3n) is 3.60. The lowest BCUT2D eigenvalue weighted by Gasteiger charge is -2.28. The summed E-state index contributed by atoms with van der Waals surface area (Å²) in [5.74, 6) is -1.99. The molecule has 0 saturated heterocycles. The molecule has 9 heteroatoms. The summed E-state index contributed by atoms with van der Waals surface area (Å²) in [6.45, 7) is 1.36. The molecule has 140 valence electrons. The van der Waals surface area contributed by atoms with Gasteiger partial charge < -0.3 is 10.1 Å². The molecule has 0 spiro atoms. The van der Waals surface area contributed by atoms with E-state index in [1.165, 1.54) is 26.2 Å². The Morgan fingerprint density at radius 2 is 1.77 bits per heavy atom. The summed E-state index contributed by atoms with van der Waals surface area (Å²) in [5, 5.41) is 2.27. The molecule has 0 unspecified atom stereocenters. The summed E-state index contributed by atoms with van der Waals surface area (Å²) in [6, 6.07) is 7.58. The molecular weight excluding hydrogens is 366 g/mol. The van der Waals surface area contributed by atoms with Crippen LogP contribution >= 0.6 is 0 Å². The predicted molar refractivity (Wildman–Crippen MR) is 94.8 cm³/mol. The molecule has 0 aliphatic heterocycles. The lowest BCUT2D eigenvalue weighted by Crippen LogP contribution is -2.45. The standard InChI is InChI=1S/C17H18F2N2O4S/c1-11(17(22)20-16-9-4-12(18)10-15(16)19)21(26(3,23)24)13-5-7-14(25-2)8-6-13/h4-11H,1-3H3,(H,20,22)/t11-/m0/s1. The van der Waals surface area contributed by atoms with Crippen LogP contribution in [-0.4, -0.2) is 33.7 Å². The van der Waals surface area contributed by atoms with Crippen LogP contribution in [0.1, 0.15) is 6.92 Å². The van der Waals surface area contributed by atoms with Gasteiger partial charge in [0, 0.05) is 6.07 Å². The second-order valence-electron chi connectivity index (χ2n) is 5.55. The number of methoxy groups -OCH3 is 1. The molecule has 6 nitrogen and oxygen atoms in total. The topological polar surface area (TPSA) is 75.7 Å². The minimum absolute atomic E-state index is 0.244. The Kier molecular flexibility index (Phi) is 5.81. The first-order valence-electron chi connectivity index (χ1n) is 7.53. The number of hydrogen-bond donors (Lipinski definition) is 1. The van der Waals surface area contributed by atoms with Crippen molar-refractivity contribution in [3.05, 3.63) is 54.1 Å². The molecule has 0 heterocycles. The van der Waals surface area contributed by atoms with Gasteiger partial charge in [0.2, 0.25) is 15.9 Å². The van der Waals surface area contributed by atoms with Crippen LogP contribution in [0.4, 0.5) is 20.2 Å². The Morgan fingerprint density at radius 3 is 2.27 bits per heavy atom. The van der Waals surface area contributed by atoms with Crippen molar-refractivity contribution in [2.45, 2.75) is 13.0 Å². The molecule has 0 aliphatic rings. The minimum Gasteiger partial charge on any atom is -0.497 e. The molecule has 2 aromatic rings. The normalized spacial score (nSPS) is 12.3. The number of amides is 1. The smallest absolute Gasteiger partial charge is 0.248 e. The summed E-state index contributed by atoms with van der Waals surface area (Å²) in [5.41, 5.74) is 0.00181. The van der Waals surface area contributed by atoms with Crippen molar-refractivity contribution in [3.63, 3.8) is 0 Å². The van der Waals surface area contributed by atoms with E-state index < -0.39 is 33.6 Å². The van der Waals surface area contributed by atoms with Crippen LogP contribution < -0.4 is 14.4 Å². The number of anilines is 2. The number of carbonyl (C=O) groups excluding carboxylic acids is 1. The van der Waals surface area contributed by atoms with Gasteiger partial charge in [-0.1, -0.05) is 0 Å². The number of carbonyl (C=O) groups is 1. The maximum Gasteiger partial charge on any atom is 0.248 e. The van der Waals surface area contributed by atoms with E-state index in [0.717, 1.165) is 22.7 Å². The van der Waals surface area contributed by atoms with Crippen molar-refractivity contribution in [1.82, 2.24) is 0 Å². The molecule has 0 bridgehead atoms. The summed E-state index contributed by atoms with van der Waals surface area (Å²) in [4.78, 5) is 12.4. The van der Waals surface area contributed by atoms with Gasteiger partial charge in [-0.25, -0.2) is 17.2 Å². The summed E-state index contributed by atoms with van der Waals surface area (Å²) >= 11 is 0. The van der Waals surface area contributed by atoms with Crippen molar-refractivity contribution >= 4 is 27.3 Å². The Hall–Kier alpha value is -2.68. The van der Waals surface area contributed by atoms with Gasteiger partial charge in [-0.15, -0.1) is 0 Å². The number of ether oxygens (including phenoxy) is 1. The van der Waals surface area contributed by atoms with Crippen LogP contribution in [-0.2, 0) is 14.8 Å². The van der Waals surface area contributed by atoms with E-state index in [2.05, 4.69) is 5.32 Å². The predicted octanol–water partition coefficient (Wildman–Crippen LogP) is 2.77. The largest absolute Gasteiger partial charge is 0.497 e. The second-order valence-corrected chi connectivity index (χ2v) is 7.41. The lowest BCUT2D eigenvalue weighted by atomic mass is 10.2. The zero-order valence-corrected chi connectivity index (χ0v) is 15.2. The first-order valence-corrected chi connectivity index (χ1v) is 9.37. The number of hydrogen-bond acceptors (Lipinski definition) is 4. The van der Waals surface area contributed by atoms with E-state index in [-0.39, 0.29) is 11.4 Å². The van der Waals surface area contributed by atoms with Crippen LogP contribution in [0.3, 0.4) is 0 Å². The van der Waals surface area contributed by atoms with Crippen molar-refractivity contribution in [2.75, 3.05) is 23.0 Å². The van der Waals surface area contributed by atoms with Gasteiger partial charge in [0.15, 0.2) is 0 Å².